The number of halogens is 2. The third kappa shape index (κ3) is 4.21. The molecule has 1 aliphatic carbocycles. The van der Waals surface area contributed by atoms with Crippen LogP contribution in [0.25, 0.3) is 10.9 Å². The summed E-state index contributed by atoms with van der Waals surface area (Å²) in [5.74, 6) is -2.64. The van der Waals surface area contributed by atoms with Crippen molar-refractivity contribution in [2.75, 3.05) is 6.54 Å². The maximum atomic E-state index is 13.8. The van der Waals surface area contributed by atoms with Gasteiger partial charge in [-0.2, -0.15) is 0 Å². The van der Waals surface area contributed by atoms with Gasteiger partial charge >= 0.3 is 0 Å². The third-order valence-electron chi connectivity index (χ3n) is 4.53. The number of pyridine rings is 2. The van der Waals surface area contributed by atoms with Crippen molar-refractivity contribution in [3.05, 3.63) is 59.6 Å². The summed E-state index contributed by atoms with van der Waals surface area (Å²) >= 11 is 0. The van der Waals surface area contributed by atoms with Crippen molar-refractivity contribution in [3.63, 3.8) is 0 Å². The Bertz CT molecular complexity index is 944. The van der Waals surface area contributed by atoms with E-state index in [2.05, 4.69) is 15.3 Å². The van der Waals surface area contributed by atoms with Crippen LogP contribution in [0.1, 0.15) is 49.7 Å². The molecule has 2 aromatic rings. The highest BCUT2D eigenvalue weighted by atomic mass is 19.2. The molecule has 1 aliphatic rings. The first-order chi connectivity index (χ1) is 12.7. The summed E-state index contributed by atoms with van der Waals surface area (Å²) in [6.45, 7) is 8.42. The van der Waals surface area contributed by atoms with E-state index in [-0.39, 0.29) is 22.9 Å². The Morgan fingerprint density at radius 3 is 2.56 bits per heavy atom. The maximum absolute atomic E-state index is 13.8. The van der Waals surface area contributed by atoms with Crippen LogP contribution >= 0.6 is 0 Å². The number of hydrogen-bond donors (Lipinski definition) is 1. The number of aromatic nitrogens is 2. The predicted octanol–water partition coefficient (Wildman–Crippen LogP) is 4.85. The van der Waals surface area contributed by atoms with Crippen LogP contribution in [0.3, 0.4) is 0 Å². The second kappa shape index (κ2) is 7.18. The summed E-state index contributed by atoms with van der Waals surface area (Å²) < 4.78 is 27.3. The lowest BCUT2D eigenvalue weighted by atomic mass is 9.83. The van der Waals surface area contributed by atoms with E-state index in [1.165, 1.54) is 12.2 Å². The molecule has 0 radical (unpaired) electrons. The van der Waals surface area contributed by atoms with Crippen LogP contribution in [0.4, 0.5) is 8.78 Å². The number of rotatable bonds is 3. The number of nitrogens with one attached hydrogen (secondary N) is 1. The van der Waals surface area contributed by atoms with Gasteiger partial charge < -0.3 is 5.32 Å². The summed E-state index contributed by atoms with van der Waals surface area (Å²) in [6.07, 6.45) is 5.77. The van der Waals surface area contributed by atoms with E-state index in [0.717, 1.165) is 5.39 Å². The molecule has 0 aliphatic heterocycles. The fourth-order valence-corrected chi connectivity index (χ4v) is 3.05. The van der Waals surface area contributed by atoms with Crippen molar-refractivity contribution in [2.24, 2.45) is 11.3 Å². The van der Waals surface area contributed by atoms with Gasteiger partial charge in [-0.3, -0.25) is 9.78 Å². The van der Waals surface area contributed by atoms with E-state index in [1.54, 1.807) is 24.5 Å². The zero-order valence-corrected chi connectivity index (χ0v) is 15.9. The highest BCUT2D eigenvalue weighted by Crippen LogP contribution is 2.37. The topological polar surface area (TPSA) is 54.9 Å². The number of hydrogen-bond acceptors (Lipinski definition) is 3. The summed E-state index contributed by atoms with van der Waals surface area (Å²) in [4.78, 5) is 21.2. The van der Waals surface area contributed by atoms with Crippen LogP contribution in [-0.2, 0) is 0 Å². The molecule has 0 spiro atoms. The van der Waals surface area contributed by atoms with Crippen molar-refractivity contribution in [2.45, 2.75) is 33.6 Å². The predicted molar refractivity (Wildman–Crippen MR) is 102 cm³/mol. The zero-order chi connectivity index (χ0) is 19.8. The SMILES string of the molecule is CC1C=C(F)C(F)=CC1c1cncc2ccc(C(=O)NCC(C)(C)C)nc12. The quantitative estimate of drug-likeness (QED) is 0.839. The van der Waals surface area contributed by atoms with Crippen LogP contribution in [0, 0.1) is 11.3 Å². The molecule has 0 saturated carbocycles. The molecule has 4 nitrogen and oxygen atoms in total. The Kier molecular flexibility index (Phi) is 5.09. The first-order valence-corrected chi connectivity index (χ1v) is 8.93. The Morgan fingerprint density at radius 2 is 1.85 bits per heavy atom. The minimum atomic E-state index is -0.880. The molecule has 3 rings (SSSR count). The van der Waals surface area contributed by atoms with E-state index in [0.29, 0.717) is 17.6 Å². The van der Waals surface area contributed by atoms with Crippen molar-refractivity contribution in [3.8, 4) is 0 Å². The average Bonchev–Trinajstić information content (AvgIpc) is 2.61. The minimum Gasteiger partial charge on any atom is -0.350 e. The van der Waals surface area contributed by atoms with Crippen molar-refractivity contribution < 1.29 is 13.6 Å². The molecule has 142 valence electrons. The van der Waals surface area contributed by atoms with Gasteiger partial charge in [-0.05, 0) is 35.6 Å². The van der Waals surface area contributed by atoms with E-state index >= 15 is 0 Å². The average molecular weight is 371 g/mol. The Balaban J connectivity index is 1.99. The third-order valence-corrected chi connectivity index (χ3v) is 4.53. The van der Waals surface area contributed by atoms with Gasteiger partial charge in [-0.25, -0.2) is 13.8 Å². The molecule has 2 aromatic heterocycles. The van der Waals surface area contributed by atoms with Crippen molar-refractivity contribution >= 4 is 16.8 Å². The van der Waals surface area contributed by atoms with E-state index in [1.807, 2.05) is 27.7 Å². The monoisotopic (exact) mass is 371 g/mol. The molecule has 2 unspecified atom stereocenters. The Hall–Kier alpha value is -2.63. The smallest absolute Gasteiger partial charge is 0.269 e. The van der Waals surface area contributed by atoms with Crippen molar-refractivity contribution in [1.82, 2.24) is 15.3 Å². The number of allylic oxidation sites excluding steroid dienone is 4. The van der Waals surface area contributed by atoms with Gasteiger partial charge in [0.2, 0.25) is 0 Å². The number of nitrogens with zero attached hydrogens (tertiary/aromatic N) is 2. The summed E-state index contributed by atoms with van der Waals surface area (Å²) in [7, 11) is 0. The van der Waals surface area contributed by atoms with Gasteiger partial charge in [0.25, 0.3) is 5.91 Å². The Labute approximate surface area is 157 Å². The fraction of sp³-hybridized carbons (Fsp3) is 0.381. The lowest BCUT2D eigenvalue weighted by Gasteiger charge is -2.23. The van der Waals surface area contributed by atoms with E-state index < -0.39 is 17.6 Å². The molecule has 27 heavy (non-hydrogen) atoms. The van der Waals surface area contributed by atoms with E-state index in [9.17, 15) is 13.6 Å². The number of fused-ring (bicyclic) bond motifs is 1. The molecular formula is C21H23F2N3O. The van der Waals surface area contributed by atoms with Gasteiger partial charge in [0, 0.05) is 35.8 Å². The molecule has 0 saturated heterocycles. The number of carbonyl (C=O) groups is 1. The lowest BCUT2D eigenvalue weighted by molar-refractivity contribution is 0.0934. The van der Waals surface area contributed by atoms with Crippen LogP contribution in [-0.4, -0.2) is 22.4 Å². The molecular weight excluding hydrogens is 348 g/mol. The molecule has 0 fully saturated rings. The zero-order valence-electron chi connectivity index (χ0n) is 15.9. The van der Waals surface area contributed by atoms with Crippen molar-refractivity contribution in [1.29, 1.82) is 0 Å². The normalized spacial score (nSPS) is 20.2. The van der Waals surface area contributed by atoms with Gasteiger partial charge in [-0.1, -0.05) is 27.7 Å². The molecule has 2 heterocycles. The summed E-state index contributed by atoms with van der Waals surface area (Å²) in [5.41, 5.74) is 1.49. The van der Waals surface area contributed by atoms with Gasteiger partial charge in [-0.15, -0.1) is 0 Å². The molecule has 2 atom stereocenters. The molecule has 1 N–H and O–H groups in total. The number of carbonyl (C=O) groups excluding carboxylic acids is 1. The summed E-state index contributed by atoms with van der Waals surface area (Å²) in [5, 5.41) is 3.62. The summed E-state index contributed by atoms with van der Waals surface area (Å²) in [6, 6.07) is 3.42. The molecule has 1 amide bonds. The van der Waals surface area contributed by atoms with Crippen LogP contribution < -0.4 is 5.32 Å². The number of amides is 1. The molecule has 0 aromatic carbocycles. The first-order valence-electron chi connectivity index (χ1n) is 8.93. The standard InChI is InChI=1S/C21H23F2N3O/c1-12-7-16(22)17(23)8-14(12)15-10-24-9-13-5-6-18(26-19(13)15)20(27)25-11-21(2,3)4/h5-10,12,14H,11H2,1-4H3,(H,25,27). The first kappa shape index (κ1) is 19.1. The van der Waals surface area contributed by atoms with E-state index in [4.69, 9.17) is 0 Å². The largest absolute Gasteiger partial charge is 0.350 e. The second-order valence-corrected chi connectivity index (χ2v) is 8.15. The lowest BCUT2D eigenvalue weighted by Crippen LogP contribution is -2.32. The van der Waals surface area contributed by atoms with Crippen LogP contribution in [0.15, 0.2) is 48.3 Å². The second-order valence-electron chi connectivity index (χ2n) is 8.15. The molecule has 6 heteroatoms. The van der Waals surface area contributed by atoms with Crippen LogP contribution in [0.5, 0.6) is 0 Å². The minimum absolute atomic E-state index is 0.0438. The molecule has 0 bridgehead atoms. The van der Waals surface area contributed by atoms with Crippen LogP contribution in [0.2, 0.25) is 0 Å². The fourth-order valence-electron chi connectivity index (χ4n) is 3.05. The maximum Gasteiger partial charge on any atom is 0.269 e. The van der Waals surface area contributed by atoms with Gasteiger partial charge in [0.1, 0.15) is 5.69 Å². The highest BCUT2D eigenvalue weighted by Gasteiger charge is 2.26. The van der Waals surface area contributed by atoms with Gasteiger partial charge in [0.05, 0.1) is 5.52 Å². The van der Waals surface area contributed by atoms with Gasteiger partial charge in [0.15, 0.2) is 11.7 Å². The highest BCUT2D eigenvalue weighted by molar-refractivity contribution is 5.95. The Morgan fingerprint density at radius 1 is 1.15 bits per heavy atom.